The van der Waals surface area contributed by atoms with Crippen LogP contribution in [0.2, 0.25) is 0 Å². The number of nitrogens with one attached hydrogen (secondary N) is 1. The Kier molecular flexibility index (Phi) is 5.25. The summed E-state index contributed by atoms with van der Waals surface area (Å²) in [5.74, 6) is -0.254. The van der Waals surface area contributed by atoms with Crippen LogP contribution in [0.1, 0.15) is 28.9 Å². The smallest absolute Gasteiger partial charge is 0.220 e. The van der Waals surface area contributed by atoms with E-state index in [2.05, 4.69) is 10.4 Å². The molecule has 0 aliphatic rings. The van der Waals surface area contributed by atoms with Crippen LogP contribution in [-0.2, 0) is 17.6 Å². The Morgan fingerprint density at radius 1 is 1.07 bits per heavy atom. The predicted octanol–water partition coefficient (Wildman–Crippen LogP) is 3.93. The molecule has 1 N–H and O–H groups in total. The molecule has 0 bridgehead atoms. The Morgan fingerprint density at radius 2 is 1.83 bits per heavy atom. The monoisotopic (exact) mass is 390 g/mol. The van der Waals surface area contributed by atoms with Gasteiger partial charge in [0.05, 0.1) is 5.52 Å². The lowest BCUT2D eigenvalue weighted by atomic mass is 10.1. The van der Waals surface area contributed by atoms with Crippen LogP contribution in [0.5, 0.6) is 0 Å². The average molecular weight is 390 g/mol. The van der Waals surface area contributed by atoms with Crippen LogP contribution in [-0.4, -0.2) is 27.0 Å². The highest BCUT2D eigenvalue weighted by Crippen LogP contribution is 2.22. The summed E-state index contributed by atoms with van der Waals surface area (Å²) in [4.78, 5) is 17.0. The lowest BCUT2D eigenvalue weighted by Crippen LogP contribution is -2.26. The fraction of sp³-hybridized carbons (Fsp3) is 0.261. The first-order valence-electron chi connectivity index (χ1n) is 9.77. The fourth-order valence-corrected chi connectivity index (χ4v) is 3.66. The first kappa shape index (κ1) is 19.1. The second kappa shape index (κ2) is 7.99. The highest BCUT2D eigenvalue weighted by Gasteiger charge is 2.14. The van der Waals surface area contributed by atoms with Crippen molar-refractivity contribution in [2.45, 2.75) is 33.1 Å². The molecule has 4 aromatic rings. The molecule has 2 aromatic carbocycles. The molecule has 4 rings (SSSR count). The lowest BCUT2D eigenvalue weighted by Gasteiger charge is -2.11. The summed E-state index contributed by atoms with van der Waals surface area (Å²) < 4.78 is 14.8. The van der Waals surface area contributed by atoms with Crippen molar-refractivity contribution in [3.05, 3.63) is 76.9 Å². The molecule has 29 heavy (non-hydrogen) atoms. The van der Waals surface area contributed by atoms with E-state index < -0.39 is 0 Å². The SMILES string of the molecule is Cc1nc2c3ccccc3nn2c(C)c1CCC(=O)NCCc1ccc(F)cc1. The van der Waals surface area contributed by atoms with Crippen LogP contribution < -0.4 is 5.32 Å². The third-order valence-corrected chi connectivity index (χ3v) is 5.27. The van der Waals surface area contributed by atoms with E-state index in [9.17, 15) is 9.18 Å². The maximum Gasteiger partial charge on any atom is 0.220 e. The van der Waals surface area contributed by atoms with Gasteiger partial charge in [0.25, 0.3) is 0 Å². The highest BCUT2D eigenvalue weighted by atomic mass is 19.1. The molecule has 0 saturated carbocycles. The molecule has 6 heteroatoms. The van der Waals surface area contributed by atoms with Crippen molar-refractivity contribution in [1.82, 2.24) is 19.9 Å². The Hall–Kier alpha value is -3.28. The van der Waals surface area contributed by atoms with E-state index >= 15 is 0 Å². The molecule has 0 radical (unpaired) electrons. The summed E-state index contributed by atoms with van der Waals surface area (Å²) in [6.07, 6.45) is 1.68. The van der Waals surface area contributed by atoms with Gasteiger partial charge in [-0.2, -0.15) is 5.10 Å². The van der Waals surface area contributed by atoms with Crippen molar-refractivity contribution < 1.29 is 9.18 Å². The van der Waals surface area contributed by atoms with Gasteiger partial charge in [0.2, 0.25) is 5.91 Å². The van der Waals surface area contributed by atoms with Crippen LogP contribution in [0.15, 0.2) is 48.5 Å². The molecule has 0 aliphatic carbocycles. The first-order valence-corrected chi connectivity index (χ1v) is 9.77. The number of hydrogen-bond acceptors (Lipinski definition) is 3. The zero-order chi connectivity index (χ0) is 20.4. The Labute approximate surface area is 168 Å². The summed E-state index contributed by atoms with van der Waals surface area (Å²) in [6.45, 7) is 4.54. The minimum absolute atomic E-state index is 0.00312. The van der Waals surface area contributed by atoms with Gasteiger partial charge < -0.3 is 5.32 Å². The van der Waals surface area contributed by atoms with Gasteiger partial charge in [0.1, 0.15) is 5.82 Å². The Morgan fingerprint density at radius 3 is 2.62 bits per heavy atom. The van der Waals surface area contributed by atoms with E-state index in [4.69, 9.17) is 4.98 Å². The average Bonchev–Trinajstić information content (AvgIpc) is 3.08. The number of amides is 1. The van der Waals surface area contributed by atoms with Gasteiger partial charge in [0.15, 0.2) is 5.65 Å². The molecule has 0 atom stereocenters. The minimum atomic E-state index is -0.251. The van der Waals surface area contributed by atoms with Crippen molar-refractivity contribution in [3.63, 3.8) is 0 Å². The van der Waals surface area contributed by atoms with Crippen molar-refractivity contribution in [1.29, 1.82) is 0 Å². The number of nitrogens with zero attached hydrogens (tertiary/aromatic N) is 3. The quantitative estimate of drug-likeness (QED) is 0.543. The van der Waals surface area contributed by atoms with Crippen molar-refractivity contribution in [2.75, 3.05) is 6.54 Å². The molecule has 0 spiro atoms. The largest absolute Gasteiger partial charge is 0.356 e. The van der Waals surface area contributed by atoms with E-state index in [1.165, 1.54) is 12.1 Å². The topological polar surface area (TPSA) is 59.3 Å². The summed E-state index contributed by atoms with van der Waals surface area (Å²) >= 11 is 0. The second-order valence-corrected chi connectivity index (χ2v) is 7.24. The third-order valence-electron chi connectivity index (χ3n) is 5.27. The number of hydrogen-bond donors (Lipinski definition) is 1. The van der Waals surface area contributed by atoms with Crippen LogP contribution >= 0.6 is 0 Å². The van der Waals surface area contributed by atoms with E-state index in [1.54, 1.807) is 12.1 Å². The number of aromatic nitrogens is 3. The zero-order valence-corrected chi connectivity index (χ0v) is 16.6. The molecule has 148 valence electrons. The van der Waals surface area contributed by atoms with Crippen LogP contribution in [0, 0.1) is 19.7 Å². The van der Waals surface area contributed by atoms with E-state index in [1.807, 2.05) is 42.6 Å². The Bertz CT molecular complexity index is 1180. The molecular weight excluding hydrogens is 367 g/mol. The summed E-state index contributed by atoms with van der Waals surface area (Å²) in [7, 11) is 0. The maximum absolute atomic E-state index is 12.9. The molecule has 2 aromatic heterocycles. The van der Waals surface area contributed by atoms with Gasteiger partial charge in [-0.1, -0.05) is 24.3 Å². The van der Waals surface area contributed by atoms with Gasteiger partial charge in [-0.25, -0.2) is 13.9 Å². The standard InChI is InChI=1S/C23H23FN4O/c1-15-19(11-12-22(29)25-14-13-17-7-9-18(24)10-8-17)16(2)28-23(26-15)20-5-3-4-6-21(20)27-28/h3-10H,11-14H2,1-2H3,(H,25,29). The van der Waals surface area contributed by atoms with Crippen molar-refractivity contribution in [2.24, 2.45) is 0 Å². The van der Waals surface area contributed by atoms with Crippen molar-refractivity contribution >= 4 is 22.5 Å². The van der Waals surface area contributed by atoms with Gasteiger partial charge in [0, 0.05) is 29.7 Å². The molecule has 0 unspecified atom stereocenters. The lowest BCUT2D eigenvalue weighted by molar-refractivity contribution is -0.121. The van der Waals surface area contributed by atoms with Gasteiger partial charge in [-0.05, 0) is 62.1 Å². The number of carbonyl (C=O) groups is 1. The molecular formula is C23H23FN4O. The van der Waals surface area contributed by atoms with Crippen molar-refractivity contribution in [3.8, 4) is 0 Å². The van der Waals surface area contributed by atoms with E-state index in [0.717, 1.165) is 39.1 Å². The van der Waals surface area contributed by atoms with Crippen LogP contribution in [0.25, 0.3) is 16.6 Å². The van der Waals surface area contributed by atoms with Crippen LogP contribution in [0.3, 0.4) is 0 Å². The normalized spacial score (nSPS) is 11.3. The number of aryl methyl sites for hydroxylation is 2. The van der Waals surface area contributed by atoms with E-state index in [0.29, 0.717) is 25.8 Å². The molecule has 5 nitrogen and oxygen atoms in total. The molecule has 2 heterocycles. The number of halogens is 1. The highest BCUT2D eigenvalue weighted by molar-refractivity contribution is 5.92. The summed E-state index contributed by atoms with van der Waals surface area (Å²) in [5, 5.41) is 8.63. The third kappa shape index (κ3) is 3.97. The number of rotatable bonds is 6. The molecule has 0 fully saturated rings. The molecule has 0 saturated heterocycles. The molecule has 0 aliphatic heterocycles. The molecule has 1 amide bonds. The number of carbonyl (C=O) groups excluding carboxylic acids is 1. The second-order valence-electron chi connectivity index (χ2n) is 7.24. The van der Waals surface area contributed by atoms with Gasteiger partial charge in [-0.3, -0.25) is 4.79 Å². The maximum atomic E-state index is 12.9. The van der Waals surface area contributed by atoms with Crippen LogP contribution in [0.4, 0.5) is 4.39 Å². The van der Waals surface area contributed by atoms with E-state index in [-0.39, 0.29) is 11.7 Å². The predicted molar refractivity (Wildman–Crippen MR) is 111 cm³/mol. The number of fused-ring (bicyclic) bond motifs is 3. The number of benzene rings is 2. The zero-order valence-electron chi connectivity index (χ0n) is 16.6. The summed E-state index contributed by atoms with van der Waals surface area (Å²) in [5.41, 5.74) is 5.77. The fourth-order valence-electron chi connectivity index (χ4n) is 3.66. The first-order chi connectivity index (χ1) is 14.0. The van der Waals surface area contributed by atoms with Gasteiger partial charge in [-0.15, -0.1) is 0 Å². The van der Waals surface area contributed by atoms with Gasteiger partial charge >= 0.3 is 0 Å². The minimum Gasteiger partial charge on any atom is -0.356 e. The Balaban J connectivity index is 1.41. The summed E-state index contributed by atoms with van der Waals surface area (Å²) in [6, 6.07) is 14.3.